The zero-order valence-electron chi connectivity index (χ0n) is 15.1. The Kier molecular flexibility index (Phi) is 4.68. The van der Waals surface area contributed by atoms with Crippen LogP contribution in [-0.4, -0.2) is 37.3 Å². The first-order valence-corrected chi connectivity index (χ1v) is 11.5. The maximum absolute atomic E-state index is 12.0. The maximum atomic E-state index is 12.0. The Bertz CT molecular complexity index is 1170. The molecule has 28 heavy (non-hydrogen) atoms. The fourth-order valence-electron chi connectivity index (χ4n) is 3.39. The van der Waals surface area contributed by atoms with Crippen LogP contribution in [0.3, 0.4) is 0 Å². The fraction of sp³-hybridized carbons (Fsp3) is 0.200. The summed E-state index contributed by atoms with van der Waals surface area (Å²) in [6, 6.07) is 12.4. The van der Waals surface area contributed by atoms with Gasteiger partial charge in [0.05, 0.1) is 23.2 Å². The number of hydrogen-bond donors (Lipinski definition) is 1. The molecule has 0 saturated heterocycles. The second-order valence-corrected chi connectivity index (χ2v) is 9.47. The lowest BCUT2D eigenvalue weighted by molar-refractivity contribution is 0.0697. The molecule has 1 N–H and O–H groups in total. The van der Waals surface area contributed by atoms with Crippen LogP contribution < -0.4 is 4.31 Å². The van der Waals surface area contributed by atoms with Gasteiger partial charge in [-0.2, -0.15) is 0 Å². The molecule has 1 aromatic heterocycles. The monoisotopic (exact) mass is 414 g/mol. The number of benzene rings is 2. The van der Waals surface area contributed by atoms with Crippen LogP contribution in [0.1, 0.15) is 22.3 Å². The second kappa shape index (κ2) is 7.03. The van der Waals surface area contributed by atoms with Gasteiger partial charge in [-0.3, -0.25) is 4.31 Å². The van der Waals surface area contributed by atoms with Crippen molar-refractivity contribution in [1.82, 2.24) is 4.98 Å². The van der Waals surface area contributed by atoms with Crippen LogP contribution >= 0.6 is 11.3 Å². The number of aromatic nitrogens is 1. The number of carbonyl (C=O) groups is 1. The Morgan fingerprint density at radius 3 is 2.75 bits per heavy atom. The van der Waals surface area contributed by atoms with Gasteiger partial charge in [-0.05, 0) is 42.7 Å². The highest BCUT2D eigenvalue weighted by molar-refractivity contribution is 7.92. The minimum Gasteiger partial charge on any atom is -0.478 e. The summed E-state index contributed by atoms with van der Waals surface area (Å²) in [7, 11) is -3.29. The first-order chi connectivity index (χ1) is 13.3. The summed E-state index contributed by atoms with van der Waals surface area (Å²) < 4.78 is 25.5. The van der Waals surface area contributed by atoms with Crippen LogP contribution in [0.25, 0.3) is 21.8 Å². The van der Waals surface area contributed by atoms with E-state index >= 15 is 0 Å². The third-order valence-electron chi connectivity index (χ3n) is 4.71. The predicted molar refractivity (Wildman–Crippen MR) is 110 cm³/mol. The normalized spacial score (nSPS) is 14.0. The number of carboxylic acids is 1. The van der Waals surface area contributed by atoms with E-state index in [-0.39, 0.29) is 5.56 Å². The molecule has 1 aliphatic heterocycles. The number of thiazole rings is 1. The van der Waals surface area contributed by atoms with Crippen LogP contribution in [0.2, 0.25) is 0 Å². The van der Waals surface area contributed by atoms with E-state index in [0.717, 1.165) is 45.9 Å². The number of rotatable bonds is 4. The summed E-state index contributed by atoms with van der Waals surface area (Å²) >= 11 is 1.45. The number of anilines is 1. The molecule has 0 unspecified atom stereocenters. The molecule has 4 rings (SSSR count). The van der Waals surface area contributed by atoms with E-state index in [4.69, 9.17) is 5.11 Å². The van der Waals surface area contributed by atoms with Crippen LogP contribution in [-0.2, 0) is 16.4 Å². The first kappa shape index (κ1) is 18.6. The van der Waals surface area contributed by atoms with Gasteiger partial charge in [0, 0.05) is 23.1 Å². The molecular weight excluding hydrogens is 396 g/mol. The quantitative estimate of drug-likeness (QED) is 0.700. The molecule has 0 atom stereocenters. The summed E-state index contributed by atoms with van der Waals surface area (Å²) in [5.41, 5.74) is 4.44. The van der Waals surface area contributed by atoms with Crippen molar-refractivity contribution < 1.29 is 18.3 Å². The number of aryl methyl sites for hydroxylation is 1. The molecule has 2 heterocycles. The largest absolute Gasteiger partial charge is 0.478 e. The van der Waals surface area contributed by atoms with Gasteiger partial charge < -0.3 is 5.11 Å². The topological polar surface area (TPSA) is 87.6 Å². The number of hydrogen-bond acceptors (Lipinski definition) is 5. The van der Waals surface area contributed by atoms with Gasteiger partial charge in [-0.25, -0.2) is 18.2 Å². The molecule has 0 amide bonds. The molecule has 8 heteroatoms. The highest BCUT2D eigenvalue weighted by Gasteiger charge is 2.24. The number of carboxylic acid groups (broad SMARTS) is 1. The molecule has 0 aliphatic carbocycles. The minimum atomic E-state index is -3.29. The molecule has 2 aromatic carbocycles. The van der Waals surface area contributed by atoms with E-state index in [1.165, 1.54) is 21.9 Å². The summed E-state index contributed by atoms with van der Waals surface area (Å²) in [6.07, 6.45) is 2.84. The van der Waals surface area contributed by atoms with Crippen molar-refractivity contribution in [1.29, 1.82) is 0 Å². The van der Waals surface area contributed by atoms with Gasteiger partial charge in [0.15, 0.2) is 0 Å². The summed E-state index contributed by atoms with van der Waals surface area (Å²) in [4.78, 5) is 15.8. The molecule has 3 aromatic rings. The van der Waals surface area contributed by atoms with Crippen LogP contribution in [0.15, 0.2) is 47.8 Å². The van der Waals surface area contributed by atoms with Crippen molar-refractivity contribution in [2.75, 3.05) is 17.1 Å². The Labute approximate surface area is 167 Å². The lowest BCUT2D eigenvalue weighted by Crippen LogP contribution is -2.34. The number of sulfonamides is 1. The molecule has 0 bridgehead atoms. The van der Waals surface area contributed by atoms with E-state index in [9.17, 15) is 13.2 Å². The van der Waals surface area contributed by atoms with Crippen molar-refractivity contribution in [3.05, 3.63) is 59.0 Å². The van der Waals surface area contributed by atoms with Crippen molar-refractivity contribution in [2.24, 2.45) is 0 Å². The Balaban J connectivity index is 1.68. The van der Waals surface area contributed by atoms with Gasteiger partial charge in [-0.15, -0.1) is 11.3 Å². The Morgan fingerprint density at radius 2 is 2.00 bits per heavy atom. The predicted octanol–water partition coefficient (Wildman–Crippen LogP) is 3.89. The van der Waals surface area contributed by atoms with Crippen LogP contribution in [0.4, 0.5) is 5.69 Å². The highest BCUT2D eigenvalue weighted by atomic mass is 32.2. The van der Waals surface area contributed by atoms with Gasteiger partial charge in [0.25, 0.3) is 0 Å². The lowest BCUT2D eigenvalue weighted by atomic mass is 10.00. The van der Waals surface area contributed by atoms with Gasteiger partial charge in [0.2, 0.25) is 10.0 Å². The highest BCUT2D eigenvalue weighted by Crippen LogP contribution is 2.35. The van der Waals surface area contributed by atoms with Gasteiger partial charge in [-0.1, -0.05) is 18.2 Å². The molecule has 6 nitrogen and oxygen atoms in total. The van der Waals surface area contributed by atoms with E-state index in [0.29, 0.717) is 6.54 Å². The minimum absolute atomic E-state index is 0.226. The Hall–Kier alpha value is -2.71. The van der Waals surface area contributed by atoms with Crippen molar-refractivity contribution in [2.45, 2.75) is 12.8 Å². The number of aromatic carboxylic acids is 1. The standard InChI is InChI=1S/C20H18N2O4S2/c1-28(25,26)22-9-3-6-14-10-13(7-8-18(14)22)17-12-27-19(21-17)15-4-2-5-16(11-15)20(23)24/h2,4-5,7-8,10-12H,3,6,9H2,1H3,(H,23,24). The third kappa shape index (κ3) is 3.53. The van der Waals surface area contributed by atoms with E-state index in [1.54, 1.807) is 18.2 Å². The summed E-state index contributed by atoms with van der Waals surface area (Å²) in [5.74, 6) is -0.969. The molecule has 0 radical (unpaired) electrons. The van der Waals surface area contributed by atoms with E-state index in [1.807, 2.05) is 29.6 Å². The third-order valence-corrected chi connectivity index (χ3v) is 6.78. The molecular formula is C20H18N2O4S2. The van der Waals surface area contributed by atoms with Crippen LogP contribution in [0, 0.1) is 0 Å². The lowest BCUT2D eigenvalue weighted by Gasteiger charge is -2.29. The first-order valence-electron chi connectivity index (χ1n) is 8.73. The number of nitrogens with zero attached hydrogens (tertiary/aromatic N) is 2. The van der Waals surface area contributed by atoms with Crippen molar-refractivity contribution in [3.8, 4) is 21.8 Å². The molecule has 1 aliphatic rings. The summed E-state index contributed by atoms with van der Waals surface area (Å²) in [5, 5.41) is 11.8. The average Bonchev–Trinajstić information content (AvgIpc) is 3.16. The van der Waals surface area contributed by atoms with Gasteiger partial charge in [0.1, 0.15) is 5.01 Å². The Morgan fingerprint density at radius 1 is 1.18 bits per heavy atom. The molecule has 0 saturated carbocycles. The van der Waals surface area contributed by atoms with Crippen molar-refractivity contribution >= 4 is 33.0 Å². The average molecular weight is 415 g/mol. The SMILES string of the molecule is CS(=O)(=O)N1CCCc2cc(-c3csc(-c4cccc(C(=O)O)c4)n3)ccc21. The zero-order valence-corrected chi connectivity index (χ0v) is 16.8. The molecule has 0 spiro atoms. The number of fused-ring (bicyclic) bond motifs is 1. The molecule has 0 fully saturated rings. The second-order valence-electron chi connectivity index (χ2n) is 6.71. The molecule has 144 valence electrons. The zero-order chi connectivity index (χ0) is 19.9. The fourth-order valence-corrected chi connectivity index (χ4v) is 5.21. The van der Waals surface area contributed by atoms with E-state index in [2.05, 4.69) is 4.98 Å². The van der Waals surface area contributed by atoms with E-state index < -0.39 is 16.0 Å². The smallest absolute Gasteiger partial charge is 0.335 e. The van der Waals surface area contributed by atoms with Gasteiger partial charge >= 0.3 is 5.97 Å². The maximum Gasteiger partial charge on any atom is 0.335 e. The van der Waals surface area contributed by atoms with Crippen molar-refractivity contribution in [3.63, 3.8) is 0 Å². The van der Waals surface area contributed by atoms with Crippen LogP contribution in [0.5, 0.6) is 0 Å². The summed E-state index contributed by atoms with van der Waals surface area (Å²) in [6.45, 7) is 0.506.